The molecule has 0 saturated carbocycles. The molecular formula is C17H18F5N3O3. The van der Waals surface area contributed by atoms with Crippen molar-refractivity contribution in [2.24, 2.45) is 0 Å². The molecule has 28 heavy (non-hydrogen) atoms. The van der Waals surface area contributed by atoms with Crippen LogP contribution in [0.15, 0.2) is 30.5 Å². The molecule has 0 aliphatic heterocycles. The van der Waals surface area contributed by atoms with E-state index < -0.39 is 48.6 Å². The molecule has 1 heterocycles. The molecule has 0 radical (unpaired) electrons. The molecule has 154 valence electrons. The Morgan fingerprint density at radius 2 is 1.86 bits per heavy atom. The molecule has 1 aromatic heterocycles. The van der Waals surface area contributed by atoms with Crippen molar-refractivity contribution in [1.82, 2.24) is 15.1 Å². The van der Waals surface area contributed by atoms with Crippen LogP contribution in [0, 0.1) is 0 Å². The first-order valence-corrected chi connectivity index (χ1v) is 8.16. The van der Waals surface area contributed by atoms with Crippen LogP contribution < -0.4 is 10.1 Å². The summed E-state index contributed by atoms with van der Waals surface area (Å²) in [7, 11) is 0. The number of carbonyl (C=O) groups is 1. The summed E-state index contributed by atoms with van der Waals surface area (Å²) in [6.07, 6.45) is -5.23. The number of aliphatic hydroxyl groups is 1. The number of ether oxygens (including phenoxy) is 1. The molecule has 0 fully saturated rings. The molecule has 2 rings (SSSR count). The van der Waals surface area contributed by atoms with E-state index in [1.54, 1.807) is 0 Å². The van der Waals surface area contributed by atoms with Gasteiger partial charge in [0, 0.05) is 12.6 Å². The van der Waals surface area contributed by atoms with E-state index in [0.29, 0.717) is 4.68 Å². The standard InChI is InChI=1S/C17H18F5N3O3/c1-9(2)25-14(17(20,21)22)12(7-24-25)15(27)23-8-13(26)10-3-5-11(6-4-10)28-16(18)19/h3-7,9,13,16,26H,8H2,1-2H3,(H,23,27). The Balaban J connectivity index is 2.08. The van der Waals surface area contributed by atoms with E-state index in [-0.39, 0.29) is 11.3 Å². The number of hydrogen-bond acceptors (Lipinski definition) is 4. The minimum Gasteiger partial charge on any atom is -0.435 e. The van der Waals surface area contributed by atoms with E-state index in [1.807, 2.05) is 0 Å². The molecular weight excluding hydrogens is 389 g/mol. The Hall–Kier alpha value is -2.69. The van der Waals surface area contributed by atoms with Crippen LogP contribution in [0.5, 0.6) is 5.75 Å². The van der Waals surface area contributed by atoms with Gasteiger partial charge in [-0.05, 0) is 31.5 Å². The lowest BCUT2D eigenvalue weighted by Crippen LogP contribution is -2.30. The van der Waals surface area contributed by atoms with Crippen LogP contribution in [-0.2, 0) is 6.18 Å². The predicted molar refractivity (Wildman–Crippen MR) is 88.0 cm³/mol. The van der Waals surface area contributed by atoms with Crippen molar-refractivity contribution in [3.8, 4) is 5.75 Å². The van der Waals surface area contributed by atoms with Crippen LogP contribution in [0.3, 0.4) is 0 Å². The van der Waals surface area contributed by atoms with Crippen molar-refractivity contribution < 1.29 is 36.6 Å². The molecule has 11 heteroatoms. The number of carbonyl (C=O) groups excluding carboxylic acids is 1. The number of amides is 1. The van der Waals surface area contributed by atoms with Crippen LogP contribution in [-0.4, -0.2) is 34.0 Å². The third kappa shape index (κ3) is 5.18. The Kier molecular flexibility index (Phi) is 6.60. The van der Waals surface area contributed by atoms with Gasteiger partial charge in [0.25, 0.3) is 5.91 Å². The second-order valence-electron chi connectivity index (χ2n) is 6.12. The van der Waals surface area contributed by atoms with Crippen LogP contribution in [0.1, 0.15) is 47.6 Å². The second kappa shape index (κ2) is 8.55. The van der Waals surface area contributed by atoms with Gasteiger partial charge >= 0.3 is 12.8 Å². The van der Waals surface area contributed by atoms with Crippen molar-refractivity contribution in [2.45, 2.75) is 38.8 Å². The van der Waals surface area contributed by atoms with E-state index in [4.69, 9.17) is 0 Å². The van der Waals surface area contributed by atoms with E-state index in [1.165, 1.54) is 38.1 Å². The first-order valence-electron chi connectivity index (χ1n) is 8.16. The number of rotatable bonds is 7. The number of aliphatic hydroxyl groups excluding tert-OH is 1. The van der Waals surface area contributed by atoms with Crippen molar-refractivity contribution >= 4 is 5.91 Å². The summed E-state index contributed by atoms with van der Waals surface area (Å²) >= 11 is 0. The van der Waals surface area contributed by atoms with Crippen molar-refractivity contribution in [2.75, 3.05) is 6.54 Å². The topological polar surface area (TPSA) is 76.4 Å². The van der Waals surface area contributed by atoms with E-state index in [0.717, 1.165) is 6.20 Å². The lowest BCUT2D eigenvalue weighted by Gasteiger charge is -2.16. The normalized spacial score (nSPS) is 13.1. The maximum atomic E-state index is 13.3. The molecule has 1 unspecified atom stereocenters. The summed E-state index contributed by atoms with van der Waals surface area (Å²) in [6.45, 7) is -0.396. The molecule has 0 bridgehead atoms. The number of nitrogens with one attached hydrogen (secondary N) is 1. The highest BCUT2D eigenvalue weighted by Gasteiger charge is 2.40. The van der Waals surface area contributed by atoms with Gasteiger partial charge in [-0.3, -0.25) is 9.48 Å². The first-order chi connectivity index (χ1) is 13.0. The third-order valence-electron chi connectivity index (χ3n) is 3.74. The summed E-state index contributed by atoms with van der Waals surface area (Å²) in [6, 6.07) is 4.37. The minimum absolute atomic E-state index is 0.120. The van der Waals surface area contributed by atoms with Crippen molar-refractivity contribution in [3.05, 3.63) is 47.3 Å². The quantitative estimate of drug-likeness (QED) is 0.689. The van der Waals surface area contributed by atoms with Gasteiger partial charge in [-0.25, -0.2) is 0 Å². The van der Waals surface area contributed by atoms with E-state index in [2.05, 4.69) is 15.2 Å². The lowest BCUT2D eigenvalue weighted by molar-refractivity contribution is -0.145. The third-order valence-corrected chi connectivity index (χ3v) is 3.74. The average Bonchev–Trinajstić information content (AvgIpc) is 3.05. The summed E-state index contributed by atoms with van der Waals surface area (Å²) in [5.41, 5.74) is -1.58. The fourth-order valence-electron chi connectivity index (χ4n) is 2.48. The molecule has 0 aliphatic carbocycles. The van der Waals surface area contributed by atoms with Gasteiger partial charge in [0.2, 0.25) is 0 Å². The molecule has 6 nitrogen and oxygen atoms in total. The highest BCUT2D eigenvalue weighted by molar-refractivity contribution is 5.95. The van der Waals surface area contributed by atoms with Crippen molar-refractivity contribution in [1.29, 1.82) is 0 Å². The number of nitrogens with zero attached hydrogens (tertiary/aromatic N) is 2. The zero-order chi connectivity index (χ0) is 21.1. The van der Waals surface area contributed by atoms with Crippen molar-refractivity contribution in [3.63, 3.8) is 0 Å². The largest absolute Gasteiger partial charge is 0.435 e. The van der Waals surface area contributed by atoms with Crippen LogP contribution in [0.2, 0.25) is 0 Å². The highest BCUT2D eigenvalue weighted by Crippen LogP contribution is 2.33. The smallest absolute Gasteiger partial charge is 0.433 e. The Morgan fingerprint density at radius 1 is 1.25 bits per heavy atom. The second-order valence-corrected chi connectivity index (χ2v) is 6.12. The van der Waals surface area contributed by atoms with Crippen LogP contribution >= 0.6 is 0 Å². The molecule has 1 aromatic carbocycles. The number of halogens is 5. The maximum Gasteiger partial charge on any atom is 0.433 e. The van der Waals surface area contributed by atoms with Gasteiger partial charge in [-0.1, -0.05) is 12.1 Å². The summed E-state index contributed by atoms with van der Waals surface area (Å²) in [5, 5.41) is 15.9. The van der Waals surface area contributed by atoms with Gasteiger partial charge in [0.1, 0.15) is 5.75 Å². The van der Waals surface area contributed by atoms with Gasteiger partial charge in [0.15, 0.2) is 5.69 Å². The SMILES string of the molecule is CC(C)n1ncc(C(=O)NCC(O)c2ccc(OC(F)F)cc2)c1C(F)(F)F. The van der Waals surface area contributed by atoms with Gasteiger partial charge in [-0.15, -0.1) is 0 Å². The number of alkyl halides is 5. The number of aromatic nitrogens is 2. The fourth-order valence-corrected chi connectivity index (χ4v) is 2.48. The minimum atomic E-state index is -4.79. The Morgan fingerprint density at radius 3 is 2.36 bits per heavy atom. The fraction of sp³-hybridized carbons (Fsp3) is 0.412. The van der Waals surface area contributed by atoms with E-state index >= 15 is 0 Å². The molecule has 0 saturated heterocycles. The first kappa shape index (κ1) is 21.6. The summed E-state index contributed by atoms with van der Waals surface area (Å²) in [5.74, 6) is -1.16. The van der Waals surface area contributed by atoms with Gasteiger partial charge in [-0.2, -0.15) is 27.1 Å². The number of benzene rings is 1. The van der Waals surface area contributed by atoms with Crippen LogP contribution in [0.4, 0.5) is 22.0 Å². The molecule has 0 aliphatic rings. The summed E-state index contributed by atoms with van der Waals surface area (Å²) < 4.78 is 69.0. The van der Waals surface area contributed by atoms with Crippen LogP contribution in [0.25, 0.3) is 0 Å². The maximum absolute atomic E-state index is 13.3. The highest BCUT2D eigenvalue weighted by atomic mass is 19.4. The Bertz CT molecular complexity index is 803. The van der Waals surface area contributed by atoms with E-state index in [9.17, 15) is 31.9 Å². The zero-order valence-corrected chi connectivity index (χ0v) is 14.9. The van der Waals surface area contributed by atoms with Gasteiger partial charge < -0.3 is 15.2 Å². The molecule has 2 aromatic rings. The Labute approximate surface area is 156 Å². The zero-order valence-electron chi connectivity index (χ0n) is 14.9. The molecule has 2 N–H and O–H groups in total. The predicted octanol–water partition coefficient (Wildman–Crippen LogP) is 3.55. The molecule has 0 spiro atoms. The monoisotopic (exact) mass is 407 g/mol. The van der Waals surface area contributed by atoms with Gasteiger partial charge in [0.05, 0.1) is 17.9 Å². The molecule has 1 atom stereocenters. The number of hydrogen-bond donors (Lipinski definition) is 2. The molecule has 1 amide bonds. The average molecular weight is 407 g/mol. The lowest BCUT2D eigenvalue weighted by atomic mass is 10.1. The summed E-state index contributed by atoms with van der Waals surface area (Å²) in [4.78, 5) is 12.2.